The van der Waals surface area contributed by atoms with E-state index < -0.39 is 12.4 Å². The number of carbonyl (C=O) groups excluding carboxylic acids is 1. The highest BCUT2D eigenvalue weighted by molar-refractivity contribution is 5.76. The molecule has 0 heterocycles. The van der Waals surface area contributed by atoms with Gasteiger partial charge in [-0.3, -0.25) is 4.79 Å². The van der Waals surface area contributed by atoms with Crippen molar-refractivity contribution in [2.75, 3.05) is 0 Å². The number of aldehydes is 1. The Hall–Kier alpha value is -1.65. The second-order valence-electron chi connectivity index (χ2n) is 2.22. The van der Waals surface area contributed by atoms with Crippen LogP contribution in [0.1, 0.15) is 24.2 Å². The van der Waals surface area contributed by atoms with Crippen molar-refractivity contribution in [1.82, 2.24) is 0 Å². The Morgan fingerprint density at radius 3 is 2.40 bits per heavy atom. The molecular weight excluding hydrogens is 206 g/mol. The van der Waals surface area contributed by atoms with Crippen LogP contribution in [0.15, 0.2) is 18.2 Å². The van der Waals surface area contributed by atoms with E-state index in [0.29, 0.717) is 6.29 Å². The lowest BCUT2D eigenvalue weighted by Crippen LogP contribution is -2.02. The molecule has 0 aliphatic rings. The van der Waals surface area contributed by atoms with Crippen LogP contribution in [0.25, 0.3) is 0 Å². The lowest BCUT2D eigenvalue weighted by atomic mass is 10.2. The predicted molar refractivity (Wildman–Crippen MR) is 51.5 cm³/mol. The first-order chi connectivity index (χ1) is 7.13. The number of hydrogen-bond donors (Lipinski definition) is 1. The van der Waals surface area contributed by atoms with Crippen molar-refractivity contribution < 1.29 is 23.4 Å². The number of benzene rings is 1. The largest absolute Gasteiger partial charge is 0.504 e. The molecule has 0 fully saturated rings. The van der Waals surface area contributed by atoms with E-state index in [2.05, 4.69) is 4.74 Å². The summed E-state index contributed by atoms with van der Waals surface area (Å²) in [5.41, 5.74) is 0.194. The van der Waals surface area contributed by atoms with Crippen LogP contribution < -0.4 is 4.74 Å². The zero-order chi connectivity index (χ0) is 11.8. The summed E-state index contributed by atoms with van der Waals surface area (Å²) < 4.78 is 27.3. The lowest BCUT2D eigenvalue weighted by molar-refractivity contribution is -0.0512. The van der Waals surface area contributed by atoms with Crippen molar-refractivity contribution in [2.24, 2.45) is 0 Å². The van der Waals surface area contributed by atoms with Crippen molar-refractivity contribution in [2.45, 2.75) is 20.5 Å². The minimum Gasteiger partial charge on any atom is -0.504 e. The molecule has 0 aliphatic carbocycles. The summed E-state index contributed by atoms with van der Waals surface area (Å²) in [6.07, 6.45) is 0.492. The normalized spacial score (nSPS) is 9.13. The SMILES string of the molecule is CC.O=Cc1ccc(OC(F)F)c(O)c1. The molecule has 3 nitrogen and oxygen atoms in total. The molecule has 0 saturated carbocycles. The quantitative estimate of drug-likeness (QED) is 0.793. The molecule has 15 heavy (non-hydrogen) atoms. The van der Waals surface area contributed by atoms with Crippen molar-refractivity contribution >= 4 is 6.29 Å². The van der Waals surface area contributed by atoms with Gasteiger partial charge in [-0.15, -0.1) is 0 Å². The number of phenols is 1. The number of halogens is 2. The number of hydrogen-bond acceptors (Lipinski definition) is 3. The second-order valence-corrected chi connectivity index (χ2v) is 2.22. The average molecular weight is 218 g/mol. The highest BCUT2D eigenvalue weighted by Crippen LogP contribution is 2.27. The third-order valence-corrected chi connectivity index (χ3v) is 1.34. The Labute approximate surface area is 86.3 Å². The summed E-state index contributed by atoms with van der Waals surface area (Å²) in [7, 11) is 0. The van der Waals surface area contributed by atoms with E-state index in [-0.39, 0.29) is 11.3 Å². The number of carbonyl (C=O) groups is 1. The van der Waals surface area contributed by atoms with Gasteiger partial charge in [-0.25, -0.2) is 0 Å². The first kappa shape index (κ1) is 13.4. The third-order valence-electron chi connectivity index (χ3n) is 1.34. The maximum Gasteiger partial charge on any atom is 0.387 e. The van der Waals surface area contributed by atoms with Crippen LogP contribution >= 0.6 is 0 Å². The van der Waals surface area contributed by atoms with E-state index in [1.54, 1.807) is 0 Å². The number of alkyl halides is 2. The Morgan fingerprint density at radius 2 is 2.00 bits per heavy atom. The van der Waals surface area contributed by atoms with Crippen LogP contribution in [-0.2, 0) is 0 Å². The minimum absolute atomic E-state index is 0.194. The first-order valence-electron chi connectivity index (χ1n) is 4.36. The third kappa shape index (κ3) is 4.39. The highest BCUT2D eigenvalue weighted by Gasteiger charge is 2.08. The monoisotopic (exact) mass is 218 g/mol. The number of ether oxygens (including phenoxy) is 1. The van der Waals surface area contributed by atoms with Crippen molar-refractivity contribution in [3.05, 3.63) is 23.8 Å². The number of rotatable bonds is 3. The van der Waals surface area contributed by atoms with Crippen molar-refractivity contribution in [1.29, 1.82) is 0 Å². The molecule has 1 aromatic rings. The lowest BCUT2D eigenvalue weighted by Gasteiger charge is -2.05. The van der Waals surface area contributed by atoms with Gasteiger partial charge in [0.2, 0.25) is 0 Å². The summed E-state index contributed by atoms with van der Waals surface area (Å²) in [4.78, 5) is 10.2. The molecule has 0 radical (unpaired) electrons. The summed E-state index contributed by atoms with van der Waals surface area (Å²) >= 11 is 0. The van der Waals surface area contributed by atoms with E-state index in [4.69, 9.17) is 5.11 Å². The molecule has 5 heteroatoms. The minimum atomic E-state index is -2.99. The zero-order valence-electron chi connectivity index (χ0n) is 8.41. The molecule has 0 aliphatic heterocycles. The molecule has 0 amide bonds. The van der Waals surface area contributed by atoms with E-state index in [1.165, 1.54) is 6.07 Å². The Kier molecular flexibility index (Phi) is 6.01. The summed E-state index contributed by atoms with van der Waals surface area (Å²) in [5.74, 6) is -0.828. The average Bonchev–Trinajstić information content (AvgIpc) is 2.23. The van der Waals surface area contributed by atoms with Crippen LogP contribution in [0.3, 0.4) is 0 Å². The van der Waals surface area contributed by atoms with Gasteiger partial charge in [-0.2, -0.15) is 8.78 Å². The summed E-state index contributed by atoms with van der Waals surface area (Å²) in [5, 5.41) is 9.05. The molecule has 0 atom stereocenters. The molecular formula is C10H12F2O3. The van der Waals surface area contributed by atoms with Crippen LogP contribution in [0.4, 0.5) is 8.78 Å². The molecule has 1 rings (SSSR count). The Bertz CT molecular complexity index is 314. The molecule has 1 N–H and O–H groups in total. The van der Waals surface area contributed by atoms with Crippen molar-refractivity contribution in [3.8, 4) is 11.5 Å². The van der Waals surface area contributed by atoms with Crippen molar-refractivity contribution in [3.63, 3.8) is 0 Å². The molecule has 0 aromatic heterocycles. The smallest absolute Gasteiger partial charge is 0.387 e. The number of phenolic OH excluding ortho intramolecular Hbond substituents is 1. The van der Waals surface area contributed by atoms with E-state index in [1.807, 2.05) is 13.8 Å². The number of aromatic hydroxyl groups is 1. The molecule has 0 unspecified atom stereocenters. The van der Waals surface area contributed by atoms with Gasteiger partial charge < -0.3 is 9.84 Å². The fourth-order valence-electron chi connectivity index (χ4n) is 0.803. The van der Waals surface area contributed by atoms with Crippen LogP contribution in [0.2, 0.25) is 0 Å². The topological polar surface area (TPSA) is 46.5 Å². The maximum atomic E-state index is 11.7. The second kappa shape index (κ2) is 6.75. The highest BCUT2D eigenvalue weighted by atomic mass is 19.3. The van der Waals surface area contributed by atoms with Gasteiger partial charge in [0.25, 0.3) is 0 Å². The van der Waals surface area contributed by atoms with E-state index in [0.717, 1.165) is 12.1 Å². The molecule has 0 spiro atoms. The van der Waals surface area contributed by atoms with Gasteiger partial charge in [0.05, 0.1) is 0 Å². The first-order valence-corrected chi connectivity index (χ1v) is 4.36. The maximum absolute atomic E-state index is 11.7. The van der Waals surface area contributed by atoms with E-state index >= 15 is 0 Å². The molecule has 1 aromatic carbocycles. The Balaban J connectivity index is 0.000000921. The zero-order valence-corrected chi connectivity index (χ0v) is 8.41. The van der Waals surface area contributed by atoms with Gasteiger partial charge in [-0.1, -0.05) is 13.8 Å². The summed E-state index contributed by atoms with van der Waals surface area (Å²) in [6.45, 7) is 1.01. The van der Waals surface area contributed by atoms with Crippen LogP contribution in [0, 0.1) is 0 Å². The predicted octanol–water partition coefficient (Wildman–Crippen LogP) is 2.83. The summed E-state index contributed by atoms with van der Waals surface area (Å²) in [6, 6.07) is 3.42. The Morgan fingerprint density at radius 1 is 1.40 bits per heavy atom. The van der Waals surface area contributed by atoms with Crippen LogP contribution in [0.5, 0.6) is 11.5 Å². The van der Waals surface area contributed by atoms with Crippen LogP contribution in [-0.4, -0.2) is 18.0 Å². The van der Waals surface area contributed by atoms with Gasteiger partial charge in [-0.05, 0) is 18.2 Å². The molecule has 0 saturated heterocycles. The van der Waals surface area contributed by atoms with Gasteiger partial charge in [0.1, 0.15) is 6.29 Å². The fraction of sp³-hybridized carbons (Fsp3) is 0.300. The molecule has 84 valence electrons. The van der Waals surface area contributed by atoms with Gasteiger partial charge in [0.15, 0.2) is 11.5 Å². The van der Waals surface area contributed by atoms with Gasteiger partial charge >= 0.3 is 6.61 Å². The standard InChI is InChI=1S/C8H6F2O3.C2H6/c9-8(10)13-7-2-1-5(4-11)3-6(7)12;1-2/h1-4,8,12H;1-2H3. The molecule has 0 bridgehead atoms. The van der Waals surface area contributed by atoms with Gasteiger partial charge in [0, 0.05) is 5.56 Å². The van der Waals surface area contributed by atoms with E-state index in [9.17, 15) is 13.6 Å². The fourth-order valence-corrected chi connectivity index (χ4v) is 0.803.